The Morgan fingerprint density at radius 1 is 0.833 bits per heavy atom. The Morgan fingerprint density at radius 3 is 1.83 bits per heavy atom. The zero-order valence-electron chi connectivity index (χ0n) is 11.1. The van der Waals surface area contributed by atoms with Gasteiger partial charge in [-0.1, -0.05) is 53.5 Å². The van der Waals surface area contributed by atoms with Gasteiger partial charge in [0.25, 0.3) is 0 Å². The summed E-state index contributed by atoms with van der Waals surface area (Å²) in [7, 11) is 0. The van der Waals surface area contributed by atoms with Crippen molar-refractivity contribution >= 4 is 0 Å². The summed E-state index contributed by atoms with van der Waals surface area (Å²) in [6.45, 7) is 4.29. The number of rotatable bonds is 0. The van der Waals surface area contributed by atoms with E-state index in [9.17, 15) is 0 Å². The second kappa shape index (κ2) is 6.13. The molecule has 0 heterocycles. The first-order valence-electron chi connectivity index (χ1n) is 6.40. The van der Waals surface area contributed by atoms with Gasteiger partial charge in [0, 0.05) is 25.7 Å². The summed E-state index contributed by atoms with van der Waals surface area (Å²) < 4.78 is 0. The molecule has 0 fully saturated rings. The van der Waals surface area contributed by atoms with Crippen molar-refractivity contribution in [2.45, 2.75) is 39.5 Å². The van der Waals surface area contributed by atoms with Gasteiger partial charge >= 0.3 is 0 Å². The van der Waals surface area contributed by atoms with Gasteiger partial charge < -0.3 is 0 Å². The Morgan fingerprint density at radius 2 is 1.33 bits per heavy atom. The summed E-state index contributed by atoms with van der Waals surface area (Å²) in [5.41, 5.74) is 5.32. The highest BCUT2D eigenvalue weighted by Gasteiger charge is 1.98. The van der Waals surface area contributed by atoms with E-state index >= 15 is 0 Å². The Hall–Kier alpha value is -1.92. The highest BCUT2D eigenvalue weighted by molar-refractivity contribution is 5.32. The molecule has 1 aliphatic carbocycles. The summed E-state index contributed by atoms with van der Waals surface area (Å²) in [6, 6.07) is 8.59. The van der Waals surface area contributed by atoms with Crippen LogP contribution in [0.2, 0.25) is 0 Å². The molecule has 18 heavy (non-hydrogen) atoms. The lowest BCUT2D eigenvalue weighted by atomic mass is 10.0. The van der Waals surface area contributed by atoms with Crippen LogP contribution in [0.3, 0.4) is 0 Å². The van der Waals surface area contributed by atoms with Crippen molar-refractivity contribution in [2.24, 2.45) is 0 Å². The van der Waals surface area contributed by atoms with Crippen molar-refractivity contribution < 1.29 is 0 Å². The van der Waals surface area contributed by atoms with E-state index in [4.69, 9.17) is 0 Å². The van der Waals surface area contributed by atoms with E-state index < -0.39 is 0 Å². The predicted octanol–water partition coefficient (Wildman–Crippen LogP) is 3.91. The van der Waals surface area contributed by atoms with Gasteiger partial charge in [0.15, 0.2) is 0 Å². The molecular weight excluding hydrogens is 216 g/mol. The van der Waals surface area contributed by atoms with Crippen LogP contribution in [0, 0.1) is 23.7 Å². The second-order valence-corrected chi connectivity index (χ2v) is 4.84. The molecule has 0 saturated carbocycles. The number of hydrogen-bond acceptors (Lipinski definition) is 0. The van der Waals surface area contributed by atoms with Crippen molar-refractivity contribution in [3.63, 3.8) is 0 Å². The van der Waals surface area contributed by atoms with Crippen LogP contribution in [0.15, 0.2) is 35.4 Å². The molecule has 0 aliphatic heterocycles. The average Bonchev–Trinajstić information content (AvgIpc) is 2.35. The molecule has 0 radical (unpaired) electrons. The minimum atomic E-state index is 0.845. The third-order valence-corrected chi connectivity index (χ3v) is 3.14. The quantitative estimate of drug-likeness (QED) is 0.471. The lowest BCUT2D eigenvalue weighted by Crippen LogP contribution is -1.89. The third kappa shape index (κ3) is 3.54. The Balaban J connectivity index is 2.28. The lowest BCUT2D eigenvalue weighted by Gasteiger charge is -2.03. The van der Waals surface area contributed by atoms with Crippen LogP contribution < -0.4 is 0 Å². The van der Waals surface area contributed by atoms with E-state index in [-0.39, 0.29) is 0 Å². The Kier molecular flexibility index (Phi) is 4.27. The molecule has 0 N–H and O–H groups in total. The fourth-order valence-electron chi connectivity index (χ4n) is 1.93. The molecule has 0 nitrogen and oxygen atoms in total. The summed E-state index contributed by atoms with van der Waals surface area (Å²) in [5.74, 6) is 13.1. The molecule has 2 bridgehead atoms. The maximum Gasteiger partial charge on any atom is 0.0340 e. The number of fused-ring (bicyclic) bond motifs is 2. The minimum Gasteiger partial charge on any atom is -0.0985 e. The molecule has 0 unspecified atom stereocenters. The van der Waals surface area contributed by atoms with E-state index in [2.05, 4.69) is 61.8 Å². The van der Waals surface area contributed by atoms with Gasteiger partial charge in [0.1, 0.15) is 0 Å². The topological polar surface area (TPSA) is 0 Å². The fourth-order valence-corrected chi connectivity index (χ4v) is 1.93. The van der Waals surface area contributed by atoms with Crippen LogP contribution in [0.5, 0.6) is 0 Å². The smallest absolute Gasteiger partial charge is 0.0340 e. The van der Waals surface area contributed by atoms with E-state index in [0.717, 1.165) is 25.7 Å². The maximum absolute atomic E-state index is 3.27. The van der Waals surface area contributed by atoms with Crippen molar-refractivity contribution in [3.05, 3.63) is 46.5 Å². The van der Waals surface area contributed by atoms with Gasteiger partial charge in [-0.2, -0.15) is 0 Å². The van der Waals surface area contributed by atoms with Crippen molar-refractivity contribution in [1.29, 1.82) is 0 Å². The molecule has 0 heteroatoms. The average molecular weight is 234 g/mol. The molecule has 1 aromatic carbocycles. The zero-order chi connectivity index (χ0) is 12.8. The molecular formula is C18H18. The van der Waals surface area contributed by atoms with Gasteiger partial charge in [0.2, 0.25) is 0 Å². The van der Waals surface area contributed by atoms with Gasteiger partial charge in [-0.15, -0.1) is 0 Å². The van der Waals surface area contributed by atoms with Crippen LogP contribution in [-0.2, 0) is 12.8 Å². The second-order valence-electron chi connectivity index (χ2n) is 4.84. The Labute approximate surface area is 110 Å². The highest BCUT2D eigenvalue weighted by atomic mass is 14.0. The first-order chi connectivity index (χ1) is 8.75. The van der Waals surface area contributed by atoms with E-state index in [0.29, 0.717) is 0 Å². The number of hydrogen-bond donors (Lipinski definition) is 0. The van der Waals surface area contributed by atoms with Crippen molar-refractivity contribution in [1.82, 2.24) is 0 Å². The number of benzene rings is 1. The first kappa shape index (κ1) is 12.5. The predicted molar refractivity (Wildman–Crippen MR) is 77.0 cm³/mol. The van der Waals surface area contributed by atoms with Crippen molar-refractivity contribution in [2.75, 3.05) is 0 Å². The SMILES string of the molecule is CC(C)=C1CC#CCc2cccc(c2)CC#CC1. The summed E-state index contributed by atoms with van der Waals surface area (Å²) in [5, 5.41) is 0. The van der Waals surface area contributed by atoms with Gasteiger partial charge in [-0.3, -0.25) is 0 Å². The number of allylic oxidation sites excluding steroid dienone is 2. The molecule has 0 spiro atoms. The van der Waals surface area contributed by atoms with Crippen molar-refractivity contribution in [3.8, 4) is 23.7 Å². The maximum atomic E-state index is 3.27. The van der Waals surface area contributed by atoms with E-state index in [1.165, 1.54) is 22.3 Å². The Bertz CT molecular complexity index is 532. The first-order valence-corrected chi connectivity index (χ1v) is 6.40. The molecule has 0 aromatic heterocycles. The normalized spacial score (nSPS) is 14.2. The van der Waals surface area contributed by atoms with E-state index in [1.54, 1.807) is 0 Å². The van der Waals surface area contributed by atoms with Gasteiger partial charge in [-0.05, 0) is 30.5 Å². The summed E-state index contributed by atoms with van der Waals surface area (Å²) in [4.78, 5) is 0. The molecule has 0 amide bonds. The van der Waals surface area contributed by atoms with Crippen LogP contribution in [0.1, 0.15) is 37.8 Å². The van der Waals surface area contributed by atoms with Crippen LogP contribution in [0.4, 0.5) is 0 Å². The molecule has 1 aliphatic rings. The summed E-state index contributed by atoms with van der Waals surface area (Å²) in [6.07, 6.45) is 3.40. The van der Waals surface area contributed by atoms with Crippen LogP contribution in [0.25, 0.3) is 0 Å². The minimum absolute atomic E-state index is 0.845. The van der Waals surface area contributed by atoms with Crippen LogP contribution >= 0.6 is 0 Å². The standard InChI is InChI=1S/C18H18/c1-15(2)18-12-5-3-8-16-10-7-11-17(14-16)9-4-6-13-18/h7,10-11,14H,8-9,12-13H2,1-2H3. The largest absolute Gasteiger partial charge is 0.0985 e. The summed E-state index contributed by atoms with van der Waals surface area (Å²) >= 11 is 0. The van der Waals surface area contributed by atoms with Gasteiger partial charge in [-0.25, -0.2) is 0 Å². The monoisotopic (exact) mass is 234 g/mol. The molecule has 0 atom stereocenters. The molecule has 1 aromatic rings. The molecule has 90 valence electrons. The van der Waals surface area contributed by atoms with Crippen LogP contribution in [-0.4, -0.2) is 0 Å². The molecule has 2 rings (SSSR count). The van der Waals surface area contributed by atoms with Gasteiger partial charge in [0.05, 0.1) is 0 Å². The third-order valence-electron chi connectivity index (χ3n) is 3.14. The lowest BCUT2D eigenvalue weighted by molar-refractivity contribution is 1.08. The highest BCUT2D eigenvalue weighted by Crippen LogP contribution is 2.12. The zero-order valence-corrected chi connectivity index (χ0v) is 11.1. The molecule has 0 saturated heterocycles. The fraction of sp³-hybridized carbons (Fsp3) is 0.333. The van der Waals surface area contributed by atoms with E-state index in [1.807, 2.05) is 0 Å².